The van der Waals surface area contributed by atoms with Gasteiger partial charge in [0.2, 0.25) is 18.3 Å². The molecule has 10 heteroatoms. The average molecular weight is 507 g/mol. The standard InChI is InChI=1S/C24H27BN6S3/c1-26-16-10-4-7-13-19(16)29(22(26)32)25(30-20-14-8-5-11-17(20)27(2)23(30)33)31-21-15-9-6-12-18(21)28(3)24(31)34/h4-15,22-24,32-34H,1-3H3. The smallest absolute Gasteiger partial charge is 0.223 e. The minimum Gasteiger partial charge on any atom is -0.503 e. The van der Waals surface area contributed by atoms with Crippen LogP contribution in [0.25, 0.3) is 0 Å². The molecule has 0 saturated heterocycles. The summed E-state index contributed by atoms with van der Waals surface area (Å²) in [4.78, 5) is 13.8. The van der Waals surface area contributed by atoms with Crippen molar-refractivity contribution in [3.05, 3.63) is 72.8 Å². The number of rotatable bonds is 3. The molecule has 6 rings (SSSR count). The van der Waals surface area contributed by atoms with Crippen molar-refractivity contribution in [1.82, 2.24) is 4.90 Å². The number of thiol groups is 3. The molecule has 3 aliphatic rings. The third-order valence-corrected chi connectivity index (χ3v) is 8.94. The van der Waals surface area contributed by atoms with E-state index in [2.05, 4.69) is 123 Å². The Bertz CT molecular complexity index is 1100. The van der Waals surface area contributed by atoms with Gasteiger partial charge in [-0.2, -0.15) is 0 Å². The highest BCUT2D eigenvalue weighted by atomic mass is 32.1. The molecule has 3 unspecified atom stereocenters. The molecule has 6 nitrogen and oxygen atoms in total. The first-order valence-corrected chi connectivity index (χ1v) is 12.8. The van der Waals surface area contributed by atoms with E-state index in [1.807, 2.05) is 0 Å². The molecule has 34 heavy (non-hydrogen) atoms. The lowest BCUT2D eigenvalue weighted by Crippen LogP contribution is -2.69. The van der Waals surface area contributed by atoms with Gasteiger partial charge in [-0.25, -0.2) is 0 Å². The lowest BCUT2D eigenvalue weighted by molar-refractivity contribution is 0.637. The maximum Gasteiger partial charge on any atom is 0.223 e. The minimum absolute atomic E-state index is 0.167. The Kier molecular flexibility index (Phi) is 5.33. The number of hydrogen-bond donors (Lipinski definition) is 3. The van der Waals surface area contributed by atoms with Crippen molar-refractivity contribution >= 4 is 79.1 Å². The van der Waals surface area contributed by atoms with E-state index >= 15 is 0 Å². The van der Waals surface area contributed by atoms with E-state index in [9.17, 15) is 0 Å². The molecule has 3 aliphatic heterocycles. The monoisotopic (exact) mass is 506 g/mol. The molecule has 174 valence electrons. The zero-order valence-corrected chi connectivity index (χ0v) is 21.9. The molecule has 0 amide bonds. The van der Waals surface area contributed by atoms with Crippen LogP contribution in [-0.4, -0.2) is 44.8 Å². The fourth-order valence-electron chi connectivity index (χ4n) is 5.38. The summed E-state index contributed by atoms with van der Waals surface area (Å²) in [6.07, 6.45) is 0. The maximum absolute atomic E-state index is 5.12. The van der Waals surface area contributed by atoms with Gasteiger partial charge in [0.1, 0.15) is 18.0 Å². The Morgan fingerprint density at radius 2 is 1.03 bits per heavy atom. The summed E-state index contributed by atoms with van der Waals surface area (Å²) in [5.74, 6) is 0. The number of para-hydroxylation sites is 6. The molecular weight excluding hydrogens is 479 g/mol. The van der Waals surface area contributed by atoms with Crippen LogP contribution in [0.1, 0.15) is 0 Å². The van der Waals surface area contributed by atoms with E-state index in [0.29, 0.717) is 0 Å². The predicted molar refractivity (Wildman–Crippen MR) is 155 cm³/mol. The van der Waals surface area contributed by atoms with Crippen molar-refractivity contribution in [2.45, 2.75) is 16.5 Å². The second-order valence-electron chi connectivity index (χ2n) is 8.91. The van der Waals surface area contributed by atoms with Gasteiger partial charge in [0.25, 0.3) is 0 Å². The van der Waals surface area contributed by atoms with Crippen molar-refractivity contribution in [2.75, 3.05) is 45.4 Å². The van der Waals surface area contributed by atoms with Gasteiger partial charge in [-0.3, -0.25) is 0 Å². The maximum atomic E-state index is 5.12. The highest BCUT2D eigenvalue weighted by Gasteiger charge is 2.47. The molecule has 3 aromatic carbocycles. The van der Waals surface area contributed by atoms with Gasteiger partial charge in [0.05, 0.1) is 17.1 Å². The van der Waals surface area contributed by atoms with Gasteiger partial charge in [0.15, 0.2) is 0 Å². The Labute approximate surface area is 218 Å². The van der Waals surface area contributed by atoms with E-state index in [-0.39, 0.29) is 23.6 Å². The summed E-state index contributed by atoms with van der Waals surface area (Å²) in [6, 6.07) is 25.5. The van der Waals surface area contributed by atoms with Crippen LogP contribution >= 0.6 is 37.9 Å². The number of nitrogens with zero attached hydrogens (tertiary/aromatic N) is 6. The summed E-state index contributed by atoms with van der Waals surface area (Å²) in [6.45, 7) is 0. The molecule has 3 aromatic rings. The number of hydrogen-bond acceptors (Lipinski definition) is 9. The lowest BCUT2D eigenvalue weighted by Gasteiger charge is -2.57. The van der Waals surface area contributed by atoms with Crippen LogP contribution < -0.4 is 29.1 Å². The summed E-state index contributed by atoms with van der Waals surface area (Å²) >= 11 is 15.4. The number of benzene rings is 3. The summed E-state index contributed by atoms with van der Waals surface area (Å²) in [5.41, 5.74) is 6.36. The molecule has 3 atom stereocenters. The van der Waals surface area contributed by atoms with Crippen molar-refractivity contribution in [3.63, 3.8) is 0 Å². The molecule has 0 spiro atoms. The van der Waals surface area contributed by atoms with Crippen LogP contribution in [0.3, 0.4) is 0 Å². The molecule has 0 bridgehead atoms. The molecular formula is C24H27BN6S3. The molecule has 0 fully saturated rings. The highest BCUT2D eigenvalue weighted by molar-refractivity contribution is 7.82. The Morgan fingerprint density at radius 3 is 1.53 bits per heavy atom. The zero-order chi connectivity index (χ0) is 23.7. The van der Waals surface area contributed by atoms with Crippen molar-refractivity contribution in [1.29, 1.82) is 0 Å². The van der Waals surface area contributed by atoms with E-state index in [1.54, 1.807) is 0 Å². The Balaban J connectivity index is 1.59. The van der Waals surface area contributed by atoms with Gasteiger partial charge in [-0.15, -0.1) is 30.2 Å². The topological polar surface area (TPSA) is 22.1 Å². The van der Waals surface area contributed by atoms with Crippen LogP contribution in [0.15, 0.2) is 72.8 Å². The van der Waals surface area contributed by atoms with Crippen LogP contribution in [0.4, 0.5) is 34.1 Å². The Hall–Kier alpha value is -2.27. The summed E-state index contributed by atoms with van der Waals surface area (Å²) < 4.78 is 0. The van der Waals surface area contributed by atoms with Gasteiger partial charge in [-0.05, 0) is 30.3 Å². The van der Waals surface area contributed by atoms with Crippen molar-refractivity contribution in [2.24, 2.45) is 0 Å². The predicted octanol–water partition coefficient (Wildman–Crippen LogP) is 4.45. The largest absolute Gasteiger partial charge is 0.503 e. The summed E-state index contributed by atoms with van der Waals surface area (Å²) in [5, 5.41) is 0. The normalized spacial score (nSPS) is 23.7. The van der Waals surface area contributed by atoms with Gasteiger partial charge < -0.3 is 24.2 Å². The average Bonchev–Trinajstić information content (AvgIpc) is 3.37. The highest BCUT2D eigenvalue weighted by Crippen LogP contribution is 2.49. The first-order valence-electron chi connectivity index (χ1n) is 11.3. The second-order valence-corrected chi connectivity index (χ2v) is 10.3. The fourth-order valence-corrected chi connectivity index (χ4v) is 6.49. The SMILES string of the molecule is CN1c2ccccc2N([B-](N2c3ccccc3N(C)C2S)N2c3ccccc3[N+](C)C2S)C1S. The molecule has 0 aromatic heterocycles. The van der Waals surface area contributed by atoms with Crippen LogP contribution in [0.2, 0.25) is 0 Å². The van der Waals surface area contributed by atoms with Gasteiger partial charge >= 0.3 is 0 Å². The fraction of sp³-hybridized carbons (Fsp3) is 0.250. The van der Waals surface area contributed by atoms with Crippen molar-refractivity contribution < 1.29 is 0 Å². The number of anilines is 6. The van der Waals surface area contributed by atoms with Gasteiger partial charge in [-0.1, -0.05) is 49.0 Å². The van der Waals surface area contributed by atoms with Crippen LogP contribution in [-0.2, 0) is 0 Å². The molecule has 3 heterocycles. The van der Waals surface area contributed by atoms with Crippen LogP contribution in [0.5, 0.6) is 0 Å². The first-order chi connectivity index (χ1) is 16.4. The quantitative estimate of drug-likeness (QED) is 0.277. The molecule has 0 aliphatic carbocycles. The van der Waals surface area contributed by atoms with E-state index in [1.165, 1.54) is 0 Å². The zero-order valence-electron chi connectivity index (χ0n) is 19.3. The summed E-state index contributed by atoms with van der Waals surface area (Å²) in [7, 11) is 6.05. The number of fused-ring (bicyclic) bond motifs is 3. The second kappa shape index (κ2) is 8.15. The van der Waals surface area contributed by atoms with E-state index in [4.69, 9.17) is 37.9 Å². The molecule has 0 saturated carbocycles. The van der Waals surface area contributed by atoms with E-state index < -0.39 is 0 Å². The third kappa shape index (κ3) is 2.98. The Morgan fingerprint density at radius 1 is 0.618 bits per heavy atom. The molecule has 2 radical (unpaired) electrons. The third-order valence-electron chi connectivity index (χ3n) is 7.15. The van der Waals surface area contributed by atoms with Crippen LogP contribution in [0, 0.1) is 0 Å². The van der Waals surface area contributed by atoms with Crippen molar-refractivity contribution in [3.8, 4) is 0 Å². The van der Waals surface area contributed by atoms with E-state index in [0.717, 1.165) is 34.1 Å². The lowest BCUT2D eigenvalue weighted by atomic mass is 9.82. The van der Waals surface area contributed by atoms with Gasteiger partial charge in [0, 0.05) is 31.5 Å². The minimum atomic E-state index is -0.240. The first kappa shape index (κ1) is 22.2. The molecule has 0 N–H and O–H groups in total.